The first-order chi connectivity index (χ1) is 12.8. The Balaban J connectivity index is 1.49. The third-order valence-electron chi connectivity index (χ3n) is 3.92. The maximum atomic E-state index is 12.7. The highest BCUT2D eigenvalue weighted by Crippen LogP contribution is 2.31. The molecule has 2 aromatic carbocycles. The van der Waals surface area contributed by atoms with Crippen LogP contribution in [0, 0.1) is 5.92 Å². The molecule has 0 aromatic heterocycles. The lowest BCUT2D eigenvalue weighted by Crippen LogP contribution is -2.20. The van der Waals surface area contributed by atoms with Crippen molar-refractivity contribution in [2.24, 2.45) is 5.92 Å². The summed E-state index contributed by atoms with van der Waals surface area (Å²) < 4.78 is 43.1. The lowest BCUT2D eigenvalue weighted by atomic mass is 10.2. The van der Waals surface area contributed by atoms with Crippen LogP contribution in [0.5, 0.6) is 5.75 Å². The van der Waals surface area contributed by atoms with Crippen LogP contribution in [-0.2, 0) is 15.8 Å². The number of amides is 2. The predicted molar refractivity (Wildman–Crippen MR) is 93.4 cm³/mol. The van der Waals surface area contributed by atoms with Gasteiger partial charge in [0.05, 0.1) is 5.56 Å². The summed E-state index contributed by atoms with van der Waals surface area (Å²) in [5.41, 5.74) is 0.270. The maximum Gasteiger partial charge on any atom is 0.416 e. The fraction of sp³-hybridized carbons (Fsp3) is 0.263. The molecule has 8 heteroatoms. The molecule has 0 saturated heterocycles. The van der Waals surface area contributed by atoms with E-state index in [9.17, 15) is 22.8 Å². The summed E-state index contributed by atoms with van der Waals surface area (Å²) in [5, 5.41) is 5.35. The Labute approximate surface area is 153 Å². The third kappa shape index (κ3) is 5.47. The van der Waals surface area contributed by atoms with Crippen molar-refractivity contribution in [2.75, 3.05) is 17.2 Å². The Morgan fingerprint density at radius 1 is 1.00 bits per heavy atom. The second kappa shape index (κ2) is 7.69. The minimum atomic E-state index is -4.47. The quantitative estimate of drug-likeness (QED) is 0.796. The normalized spacial score (nSPS) is 13.7. The highest BCUT2D eigenvalue weighted by molar-refractivity contribution is 5.95. The van der Waals surface area contributed by atoms with Crippen LogP contribution in [0.25, 0.3) is 0 Å². The van der Waals surface area contributed by atoms with Crippen LogP contribution >= 0.6 is 0 Å². The van der Waals surface area contributed by atoms with Crippen LogP contribution in [0.2, 0.25) is 0 Å². The molecule has 2 N–H and O–H groups in total. The van der Waals surface area contributed by atoms with Gasteiger partial charge < -0.3 is 15.4 Å². The van der Waals surface area contributed by atoms with E-state index in [2.05, 4.69) is 10.6 Å². The van der Waals surface area contributed by atoms with Gasteiger partial charge in [-0.15, -0.1) is 0 Å². The smallest absolute Gasteiger partial charge is 0.416 e. The monoisotopic (exact) mass is 378 g/mol. The summed E-state index contributed by atoms with van der Waals surface area (Å²) in [4.78, 5) is 23.6. The second-order valence-electron chi connectivity index (χ2n) is 6.20. The molecule has 0 radical (unpaired) electrons. The Morgan fingerprint density at radius 2 is 1.63 bits per heavy atom. The molecule has 0 atom stereocenters. The number of hydrogen-bond acceptors (Lipinski definition) is 3. The van der Waals surface area contributed by atoms with Gasteiger partial charge in [0.2, 0.25) is 5.91 Å². The topological polar surface area (TPSA) is 67.4 Å². The molecule has 27 heavy (non-hydrogen) atoms. The van der Waals surface area contributed by atoms with E-state index in [1.807, 2.05) is 0 Å². The Bertz CT molecular complexity index is 831. The number of carbonyl (C=O) groups excluding carboxylic acids is 2. The van der Waals surface area contributed by atoms with Crippen LogP contribution in [0.1, 0.15) is 18.4 Å². The van der Waals surface area contributed by atoms with Gasteiger partial charge in [0.15, 0.2) is 6.61 Å². The average Bonchev–Trinajstić information content (AvgIpc) is 3.46. The van der Waals surface area contributed by atoms with Crippen molar-refractivity contribution in [3.63, 3.8) is 0 Å². The van der Waals surface area contributed by atoms with Crippen molar-refractivity contribution in [3.8, 4) is 5.75 Å². The average molecular weight is 378 g/mol. The highest BCUT2D eigenvalue weighted by Gasteiger charge is 2.31. The van der Waals surface area contributed by atoms with E-state index in [-0.39, 0.29) is 17.6 Å². The molecule has 0 spiro atoms. The zero-order chi connectivity index (χ0) is 19.4. The summed E-state index contributed by atoms with van der Waals surface area (Å²) >= 11 is 0. The standard InChI is InChI=1S/C19H17F3N2O3/c20-19(21,22)13-2-1-3-16(10-13)27-11-17(25)23-14-6-8-15(9-7-14)24-18(26)12-4-5-12/h1-3,6-10,12H,4-5,11H2,(H,23,25)(H,24,26). The zero-order valence-corrected chi connectivity index (χ0v) is 14.2. The molecular weight excluding hydrogens is 361 g/mol. The fourth-order valence-electron chi connectivity index (χ4n) is 2.33. The summed E-state index contributed by atoms with van der Waals surface area (Å²) in [6.07, 6.45) is -2.66. The third-order valence-corrected chi connectivity index (χ3v) is 3.92. The van der Waals surface area contributed by atoms with Crippen LogP contribution < -0.4 is 15.4 Å². The summed E-state index contributed by atoms with van der Waals surface area (Å²) in [5.74, 6) is -0.473. The van der Waals surface area contributed by atoms with Crippen molar-refractivity contribution in [3.05, 3.63) is 54.1 Å². The lowest BCUT2D eigenvalue weighted by molar-refractivity contribution is -0.137. The lowest BCUT2D eigenvalue weighted by Gasteiger charge is -2.11. The molecule has 1 aliphatic rings. The molecule has 5 nitrogen and oxygen atoms in total. The second-order valence-corrected chi connectivity index (χ2v) is 6.20. The van der Waals surface area contributed by atoms with Gasteiger partial charge in [0.1, 0.15) is 5.75 Å². The van der Waals surface area contributed by atoms with Crippen LogP contribution in [0.15, 0.2) is 48.5 Å². The molecule has 2 aromatic rings. The fourth-order valence-corrected chi connectivity index (χ4v) is 2.33. The molecule has 1 aliphatic carbocycles. The van der Waals surface area contributed by atoms with Crippen LogP contribution in [0.3, 0.4) is 0 Å². The number of rotatable bonds is 6. The van der Waals surface area contributed by atoms with E-state index in [1.165, 1.54) is 12.1 Å². The first-order valence-corrected chi connectivity index (χ1v) is 8.32. The van der Waals surface area contributed by atoms with E-state index in [4.69, 9.17) is 4.74 Å². The van der Waals surface area contributed by atoms with Gasteiger partial charge in [-0.3, -0.25) is 9.59 Å². The van der Waals surface area contributed by atoms with Crippen molar-refractivity contribution < 1.29 is 27.5 Å². The number of halogens is 3. The van der Waals surface area contributed by atoms with E-state index in [1.54, 1.807) is 24.3 Å². The minimum absolute atomic E-state index is 0.0127. The number of anilines is 2. The number of nitrogens with one attached hydrogen (secondary N) is 2. The minimum Gasteiger partial charge on any atom is -0.484 e. The molecule has 1 fully saturated rings. The van der Waals surface area contributed by atoms with E-state index in [0.717, 1.165) is 25.0 Å². The van der Waals surface area contributed by atoms with Gasteiger partial charge in [0.25, 0.3) is 5.91 Å². The molecule has 0 bridgehead atoms. The number of ether oxygens (including phenoxy) is 1. The highest BCUT2D eigenvalue weighted by atomic mass is 19.4. The summed E-state index contributed by atoms with van der Waals surface area (Å²) in [6, 6.07) is 10.9. The molecule has 0 aliphatic heterocycles. The van der Waals surface area contributed by atoms with Crippen molar-refractivity contribution >= 4 is 23.2 Å². The zero-order valence-electron chi connectivity index (χ0n) is 14.2. The number of hydrogen-bond donors (Lipinski definition) is 2. The van der Waals surface area contributed by atoms with Gasteiger partial charge in [-0.25, -0.2) is 0 Å². The number of alkyl halides is 3. The van der Waals surface area contributed by atoms with Gasteiger partial charge in [-0.2, -0.15) is 13.2 Å². The Hall–Kier alpha value is -3.03. The molecule has 2 amide bonds. The van der Waals surface area contributed by atoms with Crippen molar-refractivity contribution in [1.82, 2.24) is 0 Å². The van der Waals surface area contributed by atoms with Crippen molar-refractivity contribution in [2.45, 2.75) is 19.0 Å². The molecular formula is C19H17F3N2O3. The number of carbonyl (C=O) groups is 2. The first kappa shape index (κ1) is 18.8. The molecule has 3 rings (SSSR count). The summed E-state index contributed by atoms with van der Waals surface area (Å²) in [7, 11) is 0. The van der Waals surface area contributed by atoms with Gasteiger partial charge >= 0.3 is 6.18 Å². The van der Waals surface area contributed by atoms with Crippen LogP contribution in [-0.4, -0.2) is 18.4 Å². The molecule has 0 unspecified atom stereocenters. The molecule has 142 valence electrons. The van der Waals surface area contributed by atoms with Gasteiger partial charge in [-0.05, 0) is 55.3 Å². The van der Waals surface area contributed by atoms with Gasteiger partial charge in [0, 0.05) is 17.3 Å². The maximum absolute atomic E-state index is 12.7. The number of benzene rings is 2. The van der Waals surface area contributed by atoms with E-state index >= 15 is 0 Å². The van der Waals surface area contributed by atoms with E-state index < -0.39 is 24.3 Å². The predicted octanol–water partition coefficient (Wildman–Crippen LogP) is 4.07. The van der Waals surface area contributed by atoms with Crippen LogP contribution in [0.4, 0.5) is 24.5 Å². The largest absolute Gasteiger partial charge is 0.484 e. The Kier molecular flexibility index (Phi) is 5.34. The van der Waals surface area contributed by atoms with Gasteiger partial charge in [-0.1, -0.05) is 6.07 Å². The SMILES string of the molecule is O=C(COc1cccc(C(F)(F)F)c1)Nc1ccc(NC(=O)C2CC2)cc1. The van der Waals surface area contributed by atoms with Crippen molar-refractivity contribution in [1.29, 1.82) is 0 Å². The van der Waals surface area contributed by atoms with E-state index in [0.29, 0.717) is 11.4 Å². The summed E-state index contributed by atoms with van der Waals surface area (Å²) in [6.45, 7) is -0.429. The first-order valence-electron chi connectivity index (χ1n) is 8.32. The molecule has 1 saturated carbocycles. The molecule has 0 heterocycles. The Morgan fingerprint density at radius 3 is 2.22 bits per heavy atom.